The van der Waals surface area contributed by atoms with E-state index < -0.39 is 0 Å². The van der Waals surface area contributed by atoms with E-state index in [1.807, 2.05) is 0 Å². The molecule has 1 aliphatic carbocycles. The molecular formula is C14H23N5O. The van der Waals surface area contributed by atoms with Crippen molar-refractivity contribution in [2.45, 2.75) is 38.6 Å². The predicted octanol–water partition coefficient (Wildman–Crippen LogP) is 0.978. The van der Waals surface area contributed by atoms with Crippen LogP contribution in [0.3, 0.4) is 0 Å². The number of aromatic nitrogens is 3. The lowest BCUT2D eigenvalue weighted by molar-refractivity contribution is 0.0931. The standard InChI is InChI=1S/C14H23N5O/c1-10-4-2-3-5-11(10)6-16-14(20)13-9-19(18-17-13)12-7-15-8-12/h9-12,15H,2-8H2,1H3,(H,16,20). The molecule has 0 spiro atoms. The van der Waals surface area contributed by atoms with E-state index in [0.717, 1.165) is 19.6 Å². The summed E-state index contributed by atoms with van der Waals surface area (Å²) in [6.07, 6.45) is 6.88. The summed E-state index contributed by atoms with van der Waals surface area (Å²) in [5.74, 6) is 1.22. The van der Waals surface area contributed by atoms with Crippen LogP contribution in [0.25, 0.3) is 0 Å². The second kappa shape index (κ2) is 5.91. The number of rotatable bonds is 4. The van der Waals surface area contributed by atoms with E-state index in [2.05, 4.69) is 27.9 Å². The summed E-state index contributed by atoms with van der Waals surface area (Å²) < 4.78 is 1.79. The van der Waals surface area contributed by atoms with E-state index in [0.29, 0.717) is 23.6 Å². The third-order valence-electron chi connectivity index (χ3n) is 4.69. The summed E-state index contributed by atoms with van der Waals surface area (Å²) in [5, 5.41) is 14.2. The molecular weight excluding hydrogens is 254 g/mol. The minimum atomic E-state index is -0.0960. The number of nitrogens with one attached hydrogen (secondary N) is 2. The third kappa shape index (κ3) is 2.85. The molecule has 6 nitrogen and oxygen atoms in total. The highest BCUT2D eigenvalue weighted by atomic mass is 16.2. The van der Waals surface area contributed by atoms with Crippen LogP contribution in [0.4, 0.5) is 0 Å². The third-order valence-corrected chi connectivity index (χ3v) is 4.69. The van der Waals surface area contributed by atoms with E-state index in [4.69, 9.17) is 0 Å². The Kier molecular flexibility index (Phi) is 4.00. The first kappa shape index (κ1) is 13.5. The fourth-order valence-corrected chi connectivity index (χ4v) is 3.03. The van der Waals surface area contributed by atoms with Gasteiger partial charge in [-0.05, 0) is 18.3 Å². The maximum absolute atomic E-state index is 12.1. The zero-order valence-corrected chi connectivity index (χ0v) is 12.0. The van der Waals surface area contributed by atoms with Gasteiger partial charge < -0.3 is 10.6 Å². The Hall–Kier alpha value is -1.43. The Morgan fingerprint density at radius 2 is 2.25 bits per heavy atom. The molecule has 2 heterocycles. The van der Waals surface area contributed by atoms with Crippen LogP contribution in [-0.4, -0.2) is 40.5 Å². The fraction of sp³-hybridized carbons (Fsp3) is 0.786. The van der Waals surface area contributed by atoms with E-state index in [-0.39, 0.29) is 5.91 Å². The fourth-order valence-electron chi connectivity index (χ4n) is 3.03. The van der Waals surface area contributed by atoms with Crippen molar-refractivity contribution in [1.82, 2.24) is 25.6 Å². The van der Waals surface area contributed by atoms with Crippen molar-refractivity contribution < 1.29 is 4.79 Å². The summed E-state index contributed by atoms with van der Waals surface area (Å²) >= 11 is 0. The average Bonchev–Trinajstić information content (AvgIpc) is 2.85. The van der Waals surface area contributed by atoms with Crippen molar-refractivity contribution in [3.8, 4) is 0 Å². The molecule has 1 aromatic heterocycles. The molecule has 3 rings (SSSR count). The van der Waals surface area contributed by atoms with E-state index in [1.165, 1.54) is 25.7 Å². The average molecular weight is 277 g/mol. The summed E-state index contributed by atoms with van der Waals surface area (Å²) in [7, 11) is 0. The molecule has 1 saturated carbocycles. The highest BCUT2D eigenvalue weighted by molar-refractivity contribution is 5.91. The summed E-state index contributed by atoms with van der Waals surface area (Å²) in [6, 6.07) is 0.349. The van der Waals surface area contributed by atoms with Gasteiger partial charge in [0, 0.05) is 19.6 Å². The topological polar surface area (TPSA) is 71.8 Å². The second-order valence-electron chi connectivity index (χ2n) is 6.13. The molecule has 0 aromatic carbocycles. The van der Waals surface area contributed by atoms with Crippen molar-refractivity contribution >= 4 is 5.91 Å². The molecule has 1 aromatic rings. The van der Waals surface area contributed by atoms with Gasteiger partial charge in [-0.1, -0.05) is 31.4 Å². The summed E-state index contributed by atoms with van der Waals surface area (Å²) in [5.41, 5.74) is 0.431. The molecule has 1 saturated heterocycles. The molecule has 6 heteroatoms. The lowest BCUT2D eigenvalue weighted by Crippen LogP contribution is -2.43. The monoisotopic (exact) mass is 277 g/mol. The summed E-state index contributed by atoms with van der Waals surface area (Å²) in [6.45, 7) is 4.86. The highest BCUT2D eigenvalue weighted by Crippen LogP contribution is 2.28. The zero-order valence-electron chi connectivity index (χ0n) is 12.0. The van der Waals surface area contributed by atoms with E-state index >= 15 is 0 Å². The Morgan fingerprint density at radius 1 is 1.45 bits per heavy atom. The Morgan fingerprint density at radius 3 is 2.95 bits per heavy atom. The van der Waals surface area contributed by atoms with Gasteiger partial charge in [-0.2, -0.15) is 0 Å². The lowest BCUT2D eigenvalue weighted by atomic mass is 9.80. The molecule has 0 bridgehead atoms. The van der Waals surface area contributed by atoms with Gasteiger partial charge in [0.2, 0.25) is 0 Å². The van der Waals surface area contributed by atoms with Crippen LogP contribution in [0.15, 0.2) is 6.20 Å². The Balaban J connectivity index is 1.52. The van der Waals surface area contributed by atoms with Crippen molar-refractivity contribution in [1.29, 1.82) is 0 Å². The largest absolute Gasteiger partial charge is 0.350 e. The van der Waals surface area contributed by atoms with Gasteiger partial charge in [0.25, 0.3) is 5.91 Å². The second-order valence-corrected chi connectivity index (χ2v) is 6.13. The van der Waals surface area contributed by atoms with Gasteiger partial charge in [0.15, 0.2) is 5.69 Å². The van der Waals surface area contributed by atoms with Crippen molar-refractivity contribution in [2.75, 3.05) is 19.6 Å². The van der Waals surface area contributed by atoms with Gasteiger partial charge in [0.05, 0.1) is 12.2 Å². The molecule has 2 unspecified atom stereocenters. The molecule has 2 aliphatic rings. The first-order chi connectivity index (χ1) is 9.74. The maximum atomic E-state index is 12.1. The maximum Gasteiger partial charge on any atom is 0.273 e. The molecule has 20 heavy (non-hydrogen) atoms. The number of nitrogens with zero attached hydrogens (tertiary/aromatic N) is 3. The Bertz CT molecular complexity index is 468. The van der Waals surface area contributed by atoms with Gasteiger partial charge in [-0.3, -0.25) is 4.79 Å². The molecule has 0 radical (unpaired) electrons. The summed E-state index contributed by atoms with van der Waals surface area (Å²) in [4.78, 5) is 12.1. The first-order valence-electron chi connectivity index (χ1n) is 7.65. The van der Waals surface area contributed by atoms with Crippen LogP contribution in [0.1, 0.15) is 49.1 Å². The molecule has 2 fully saturated rings. The van der Waals surface area contributed by atoms with Gasteiger partial charge >= 0.3 is 0 Å². The minimum Gasteiger partial charge on any atom is -0.350 e. The first-order valence-corrected chi connectivity index (χ1v) is 7.65. The predicted molar refractivity (Wildman–Crippen MR) is 75.4 cm³/mol. The SMILES string of the molecule is CC1CCCCC1CNC(=O)c1cn(C2CNC2)nn1. The van der Waals surface area contributed by atoms with Crippen molar-refractivity contribution in [2.24, 2.45) is 11.8 Å². The number of carbonyl (C=O) groups is 1. The quantitative estimate of drug-likeness (QED) is 0.860. The minimum absolute atomic E-state index is 0.0960. The number of hydrogen-bond acceptors (Lipinski definition) is 4. The van der Waals surface area contributed by atoms with Gasteiger partial charge in [0.1, 0.15) is 0 Å². The molecule has 110 valence electrons. The molecule has 1 amide bonds. The normalized spacial score (nSPS) is 27.1. The van der Waals surface area contributed by atoms with Crippen LogP contribution in [0.2, 0.25) is 0 Å². The van der Waals surface area contributed by atoms with Crippen LogP contribution in [0.5, 0.6) is 0 Å². The highest BCUT2D eigenvalue weighted by Gasteiger charge is 2.24. The Labute approximate surface area is 119 Å². The molecule has 2 atom stereocenters. The van der Waals surface area contributed by atoms with Crippen LogP contribution in [-0.2, 0) is 0 Å². The molecule has 2 N–H and O–H groups in total. The van der Waals surface area contributed by atoms with E-state index in [1.54, 1.807) is 10.9 Å². The van der Waals surface area contributed by atoms with Crippen LogP contribution >= 0.6 is 0 Å². The van der Waals surface area contributed by atoms with Crippen molar-refractivity contribution in [3.63, 3.8) is 0 Å². The van der Waals surface area contributed by atoms with Gasteiger partial charge in [-0.15, -0.1) is 5.10 Å². The van der Waals surface area contributed by atoms with Crippen LogP contribution < -0.4 is 10.6 Å². The van der Waals surface area contributed by atoms with E-state index in [9.17, 15) is 4.79 Å². The zero-order chi connectivity index (χ0) is 13.9. The molecule has 1 aliphatic heterocycles. The van der Waals surface area contributed by atoms with Crippen LogP contribution in [0, 0.1) is 11.8 Å². The van der Waals surface area contributed by atoms with Gasteiger partial charge in [-0.25, -0.2) is 4.68 Å². The van der Waals surface area contributed by atoms with Crippen molar-refractivity contribution in [3.05, 3.63) is 11.9 Å². The number of amides is 1. The number of carbonyl (C=O) groups excluding carboxylic acids is 1. The smallest absolute Gasteiger partial charge is 0.273 e. The number of hydrogen-bond donors (Lipinski definition) is 2. The lowest BCUT2D eigenvalue weighted by Gasteiger charge is -2.28.